The average molecular weight is 486 g/mol. The summed E-state index contributed by atoms with van der Waals surface area (Å²) >= 11 is 0. The number of hydrogen-bond acceptors (Lipinski definition) is 5. The molecule has 34 heavy (non-hydrogen) atoms. The first-order valence-corrected chi connectivity index (χ1v) is 12.6. The molecule has 2 heterocycles. The predicted octanol–water partition coefficient (Wildman–Crippen LogP) is 3.93. The summed E-state index contributed by atoms with van der Waals surface area (Å²) in [6, 6.07) is 7.30. The second-order valence-electron chi connectivity index (χ2n) is 8.75. The molecule has 1 aliphatic heterocycles. The van der Waals surface area contributed by atoms with Crippen molar-refractivity contribution in [2.75, 3.05) is 19.4 Å². The predicted molar refractivity (Wildman–Crippen MR) is 128 cm³/mol. The van der Waals surface area contributed by atoms with Gasteiger partial charge in [0.25, 0.3) is 5.91 Å². The number of benzene rings is 2. The molecular weight excluding hydrogens is 457 g/mol. The largest absolute Gasteiger partial charge is 0.322 e. The number of nitrogens with one attached hydrogen (secondary N) is 1. The number of amides is 1. The van der Waals surface area contributed by atoms with Crippen LogP contribution < -0.4 is 5.32 Å². The molecule has 1 N–H and O–H groups in total. The molecule has 0 atom stereocenters. The SMILES string of the molecule is Cc1cc(C(=O)Nc2ccc(F)c(-c3nnc4n3CCCCC4)c2)cc(S(=O)(=O)N(C)C)c1C. The zero-order valence-electron chi connectivity index (χ0n) is 19.7. The molecule has 1 aromatic heterocycles. The van der Waals surface area contributed by atoms with Crippen LogP contribution in [-0.2, 0) is 23.0 Å². The van der Waals surface area contributed by atoms with Crippen molar-refractivity contribution in [3.05, 3.63) is 58.7 Å². The summed E-state index contributed by atoms with van der Waals surface area (Å²) in [5.41, 5.74) is 2.10. The Morgan fingerprint density at radius 2 is 1.85 bits per heavy atom. The highest BCUT2D eigenvalue weighted by Gasteiger charge is 2.24. The summed E-state index contributed by atoms with van der Waals surface area (Å²) in [4.78, 5) is 13.1. The highest BCUT2D eigenvalue weighted by molar-refractivity contribution is 7.89. The zero-order valence-corrected chi connectivity index (χ0v) is 20.5. The number of halogens is 1. The van der Waals surface area contributed by atoms with Crippen LogP contribution in [-0.4, -0.2) is 47.5 Å². The maximum Gasteiger partial charge on any atom is 0.255 e. The Kier molecular flexibility index (Phi) is 6.55. The lowest BCUT2D eigenvalue weighted by atomic mass is 10.1. The molecule has 0 spiro atoms. The van der Waals surface area contributed by atoms with Gasteiger partial charge in [-0.1, -0.05) is 6.42 Å². The van der Waals surface area contributed by atoms with Crippen molar-refractivity contribution >= 4 is 21.6 Å². The number of nitrogens with zero attached hydrogens (tertiary/aromatic N) is 4. The van der Waals surface area contributed by atoms with E-state index >= 15 is 0 Å². The number of carbonyl (C=O) groups is 1. The van der Waals surface area contributed by atoms with E-state index in [1.165, 1.54) is 38.4 Å². The fourth-order valence-electron chi connectivity index (χ4n) is 4.08. The normalized spacial score (nSPS) is 14.1. The van der Waals surface area contributed by atoms with Crippen LogP contribution in [0.5, 0.6) is 0 Å². The third kappa shape index (κ3) is 4.47. The molecule has 0 radical (unpaired) electrons. The number of anilines is 1. The molecule has 0 fully saturated rings. The summed E-state index contributed by atoms with van der Waals surface area (Å²) in [5.74, 6) is 0.334. The van der Waals surface area contributed by atoms with Crippen LogP contribution in [0.4, 0.5) is 10.1 Å². The van der Waals surface area contributed by atoms with Crippen molar-refractivity contribution in [2.24, 2.45) is 0 Å². The number of carbonyl (C=O) groups excluding carboxylic acids is 1. The Morgan fingerprint density at radius 3 is 2.59 bits per heavy atom. The van der Waals surface area contributed by atoms with Crippen molar-refractivity contribution in [2.45, 2.75) is 51.0 Å². The molecule has 0 saturated carbocycles. The Bertz CT molecular complexity index is 1370. The van der Waals surface area contributed by atoms with Crippen LogP contribution >= 0.6 is 0 Å². The van der Waals surface area contributed by atoms with Crippen molar-refractivity contribution in [1.82, 2.24) is 19.1 Å². The number of hydrogen-bond donors (Lipinski definition) is 1. The fraction of sp³-hybridized carbons (Fsp3) is 0.375. The second kappa shape index (κ2) is 9.27. The molecular formula is C24H28FN5O3S. The van der Waals surface area contributed by atoms with Gasteiger partial charge in [-0.3, -0.25) is 4.79 Å². The molecule has 1 aliphatic rings. The van der Waals surface area contributed by atoms with E-state index in [1.807, 2.05) is 4.57 Å². The van der Waals surface area contributed by atoms with Crippen LogP contribution in [0.25, 0.3) is 11.4 Å². The summed E-state index contributed by atoms with van der Waals surface area (Å²) in [6.45, 7) is 4.19. The standard InChI is InChI=1S/C24H28FN5O3S/c1-15-12-17(13-21(16(15)2)34(32,33)29(3)4)24(31)26-18-9-10-20(25)19(14-18)23-28-27-22-8-6-5-7-11-30(22)23/h9-10,12-14H,5-8,11H2,1-4H3,(H,26,31). The van der Waals surface area contributed by atoms with E-state index in [9.17, 15) is 17.6 Å². The Morgan fingerprint density at radius 1 is 1.09 bits per heavy atom. The lowest BCUT2D eigenvalue weighted by molar-refractivity contribution is 0.102. The quantitative estimate of drug-likeness (QED) is 0.591. The van der Waals surface area contributed by atoms with Crippen LogP contribution in [0.3, 0.4) is 0 Å². The molecule has 0 aliphatic carbocycles. The lowest BCUT2D eigenvalue weighted by Gasteiger charge is -2.17. The van der Waals surface area contributed by atoms with Crippen molar-refractivity contribution in [3.8, 4) is 11.4 Å². The summed E-state index contributed by atoms with van der Waals surface area (Å²) in [7, 11) is -0.834. The summed E-state index contributed by atoms with van der Waals surface area (Å²) in [6.07, 6.45) is 3.89. The van der Waals surface area contributed by atoms with E-state index in [4.69, 9.17) is 0 Å². The van der Waals surface area contributed by atoms with E-state index < -0.39 is 21.7 Å². The molecule has 0 saturated heterocycles. The van der Waals surface area contributed by atoms with E-state index in [1.54, 1.807) is 19.9 Å². The maximum atomic E-state index is 14.8. The van der Waals surface area contributed by atoms with Crippen LogP contribution in [0.15, 0.2) is 35.2 Å². The minimum absolute atomic E-state index is 0.0774. The molecule has 1 amide bonds. The van der Waals surface area contributed by atoms with E-state index in [-0.39, 0.29) is 16.0 Å². The van der Waals surface area contributed by atoms with Gasteiger partial charge in [0.1, 0.15) is 11.6 Å². The van der Waals surface area contributed by atoms with Gasteiger partial charge in [0.2, 0.25) is 10.0 Å². The molecule has 8 nitrogen and oxygen atoms in total. The smallest absolute Gasteiger partial charge is 0.255 e. The van der Waals surface area contributed by atoms with Gasteiger partial charge in [0.15, 0.2) is 5.82 Å². The minimum Gasteiger partial charge on any atom is -0.322 e. The number of sulfonamides is 1. The number of fused-ring (bicyclic) bond motifs is 1. The highest BCUT2D eigenvalue weighted by Crippen LogP contribution is 2.28. The Labute approximate surface area is 198 Å². The Balaban J connectivity index is 1.67. The zero-order chi connectivity index (χ0) is 24.6. The average Bonchev–Trinajstić information content (AvgIpc) is 3.03. The van der Waals surface area contributed by atoms with Gasteiger partial charge in [-0.25, -0.2) is 17.1 Å². The molecule has 180 valence electrons. The third-order valence-electron chi connectivity index (χ3n) is 6.22. The summed E-state index contributed by atoms with van der Waals surface area (Å²) < 4.78 is 43.3. The molecule has 4 rings (SSSR count). The topological polar surface area (TPSA) is 97.2 Å². The minimum atomic E-state index is -3.73. The maximum absolute atomic E-state index is 14.8. The van der Waals surface area contributed by atoms with Gasteiger partial charge >= 0.3 is 0 Å². The molecule has 3 aromatic rings. The van der Waals surface area contributed by atoms with Crippen LogP contribution in [0.2, 0.25) is 0 Å². The molecule has 0 unspecified atom stereocenters. The van der Waals surface area contributed by atoms with E-state index in [0.29, 0.717) is 22.6 Å². The number of rotatable bonds is 5. The molecule has 0 bridgehead atoms. The van der Waals surface area contributed by atoms with E-state index in [2.05, 4.69) is 15.5 Å². The first kappa shape index (κ1) is 24.0. The highest BCUT2D eigenvalue weighted by atomic mass is 32.2. The fourth-order valence-corrected chi connectivity index (χ4v) is 5.30. The van der Waals surface area contributed by atoms with Crippen molar-refractivity contribution in [1.29, 1.82) is 0 Å². The van der Waals surface area contributed by atoms with Gasteiger partial charge in [0.05, 0.1) is 10.5 Å². The van der Waals surface area contributed by atoms with Gasteiger partial charge in [0, 0.05) is 38.3 Å². The first-order chi connectivity index (χ1) is 16.1. The van der Waals surface area contributed by atoms with Gasteiger partial charge in [-0.2, -0.15) is 0 Å². The molecule has 2 aromatic carbocycles. The van der Waals surface area contributed by atoms with Crippen LogP contribution in [0, 0.1) is 19.7 Å². The van der Waals surface area contributed by atoms with Crippen molar-refractivity contribution in [3.63, 3.8) is 0 Å². The third-order valence-corrected chi connectivity index (χ3v) is 8.16. The molecule has 10 heteroatoms. The van der Waals surface area contributed by atoms with Crippen LogP contribution in [0.1, 0.15) is 46.6 Å². The number of aromatic nitrogens is 3. The van der Waals surface area contributed by atoms with E-state index in [0.717, 1.165) is 42.4 Å². The van der Waals surface area contributed by atoms with Gasteiger partial charge in [-0.15, -0.1) is 10.2 Å². The number of aryl methyl sites for hydroxylation is 2. The summed E-state index contributed by atoms with van der Waals surface area (Å²) in [5, 5.41) is 11.2. The second-order valence-corrected chi connectivity index (χ2v) is 10.9. The first-order valence-electron chi connectivity index (χ1n) is 11.2. The lowest BCUT2D eigenvalue weighted by Crippen LogP contribution is -2.24. The van der Waals surface area contributed by atoms with Gasteiger partial charge < -0.3 is 9.88 Å². The Hall–Kier alpha value is -3.11. The van der Waals surface area contributed by atoms with Gasteiger partial charge in [-0.05, 0) is 68.1 Å². The monoisotopic (exact) mass is 485 g/mol. The van der Waals surface area contributed by atoms with Crippen molar-refractivity contribution < 1.29 is 17.6 Å².